The summed E-state index contributed by atoms with van der Waals surface area (Å²) < 4.78 is 5.54. The minimum Gasteiger partial charge on any atom is -0.350 e. The van der Waals surface area contributed by atoms with Gasteiger partial charge in [-0.1, -0.05) is 0 Å². The van der Waals surface area contributed by atoms with Crippen LogP contribution in [0.1, 0.15) is 51.1 Å². The van der Waals surface area contributed by atoms with E-state index in [0.29, 0.717) is 23.1 Å². The first kappa shape index (κ1) is 18.8. The molecule has 6 rings (SSSR count). The molecule has 7 nitrogen and oxygen atoms in total. The molecule has 0 spiro atoms. The molecule has 9 heteroatoms. The highest BCUT2D eigenvalue weighted by Gasteiger charge is 2.61. The Morgan fingerprint density at radius 1 is 1.29 bits per heavy atom. The molecule has 0 aromatic carbocycles. The van der Waals surface area contributed by atoms with Crippen LogP contribution in [0.25, 0.3) is 0 Å². The smallest absolute Gasteiger partial charge is 0.226 e. The van der Waals surface area contributed by atoms with Crippen LogP contribution in [0.3, 0.4) is 0 Å². The summed E-state index contributed by atoms with van der Waals surface area (Å²) in [6.07, 6.45) is 9.98. The van der Waals surface area contributed by atoms with Crippen molar-refractivity contribution < 1.29 is 4.79 Å². The van der Waals surface area contributed by atoms with E-state index in [4.69, 9.17) is 0 Å². The lowest BCUT2D eigenvalue weighted by atomic mass is 9.46. The first-order chi connectivity index (χ1) is 13.4. The maximum absolute atomic E-state index is 13.5. The van der Waals surface area contributed by atoms with Crippen LogP contribution in [0.5, 0.6) is 0 Å². The van der Waals surface area contributed by atoms with Crippen LogP contribution in [0.15, 0.2) is 21.7 Å². The number of nitrogens with zero attached hydrogens (tertiary/aromatic N) is 5. The number of amides is 1. The Kier molecular flexibility index (Phi) is 4.46. The van der Waals surface area contributed by atoms with Gasteiger partial charge in [0.1, 0.15) is 6.33 Å². The average molecular weight is 512 g/mol. The van der Waals surface area contributed by atoms with Crippen molar-refractivity contribution in [2.24, 2.45) is 17.3 Å². The fourth-order valence-electron chi connectivity index (χ4n) is 6.41. The fourth-order valence-corrected chi connectivity index (χ4v) is 7.11. The first-order valence-electron chi connectivity index (χ1n) is 9.99. The highest BCUT2D eigenvalue weighted by molar-refractivity contribution is 9.10. The van der Waals surface area contributed by atoms with Crippen LogP contribution in [0.4, 0.5) is 0 Å². The van der Waals surface area contributed by atoms with E-state index in [9.17, 15) is 4.79 Å². The van der Waals surface area contributed by atoms with Crippen LogP contribution in [-0.2, 0) is 23.4 Å². The fraction of sp³-hybridized carbons (Fsp3) is 0.684. The zero-order valence-electron chi connectivity index (χ0n) is 15.9. The number of hydrogen-bond acceptors (Lipinski definition) is 4. The normalized spacial score (nSPS) is 33.4. The summed E-state index contributed by atoms with van der Waals surface area (Å²) in [4.78, 5) is 17.8. The first-order valence-corrected chi connectivity index (χ1v) is 11.6. The third-order valence-electron chi connectivity index (χ3n) is 7.08. The number of rotatable bonds is 5. The molecule has 0 saturated heterocycles. The van der Waals surface area contributed by atoms with E-state index in [1.54, 1.807) is 6.20 Å². The minimum atomic E-state index is -0.286. The number of halogens is 2. The van der Waals surface area contributed by atoms with Gasteiger partial charge < -0.3 is 5.32 Å². The molecule has 0 radical (unpaired) electrons. The van der Waals surface area contributed by atoms with Crippen molar-refractivity contribution in [1.82, 2.24) is 29.9 Å². The maximum Gasteiger partial charge on any atom is 0.226 e. The monoisotopic (exact) mass is 510 g/mol. The maximum atomic E-state index is 13.5. The zero-order valence-corrected chi connectivity index (χ0v) is 19.0. The number of aryl methyl sites for hydroxylation is 1. The molecule has 4 saturated carbocycles. The van der Waals surface area contributed by atoms with Gasteiger partial charge in [0.2, 0.25) is 10.6 Å². The van der Waals surface area contributed by atoms with Crippen LogP contribution < -0.4 is 5.32 Å². The van der Waals surface area contributed by atoms with Crippen LogP contribution in [-0.4, -0.2) is 30.5 Å². The van der Waals surface area contributed by atoms with Crippen molar-refractivity contribution in [3.8, 4) is 0 Å². The predicted molar refractivity (Wildman–Crippen MR) is 110 cm³/mol. The number of nitrogens with one attached hydrogen (secondary N) is 1. The summed E-state index contributed by atoms with van der Waals surface area (Å²) in [5, 5.41) is 12.2. The molecule has 4 bridgehead atoms. The van der Waals surface area contributed by atoms with Crippen molar-refractivity contribution in [3.63, 3.8) is 0 Å². The van der Waals surface area contributed by atoms with Gasteiger partial charge >= 0.3 is 0 Å². The standard InChI is InChI=1S/C19H24Br2N6O/c1-2-26-15(14(20)8-24-26)9-22-16(28)18-4-12-3-13(5-18)7-19(6-12,10-18)27-11-23-17(21)25-27/h8,11-13H,2-7,9-10H2,1H3,(H,22,28). The number of hydrogen-bond donors (Lipinski definition) is 1. The summed E-state index contributed by atoms with van der Waals surface area (Å²) in [5.41, 5.74) is 0.675. The van der Waals surface area contributed by atoms with Gasteiger partial charge in [-0.3, -0.25) is 9.48 Å². The Hall–Kier alpha value is -1.22. The topological polar surface area (TPSA) is 77.6 Å². The van der Waals surface area contributed by atoms with Crippen molar-refractivity contribution >= 4 is 37.8 Å². The summed E-state index contributed by atoms with van der Waals surface area (Å²) in [5.74, 6) is 1.40. The zero-order chi connectivity index (χ0) is 19.5. The van der Waals surface area contributed by atoms with Crippen LogP contribution >= 0.6 is 31.9 Å². The molecule has 0 aliphatic heterocycles. The van der Waals surface area contributed by atoms with Gasteiger partial charge in [-0.2, -0.15) is 5.10 Å². The molecule has 2 heterocycles. The van der Waals surface area contributed by atoms with Gasteiger partial charge in [-0.05, 0) is 89.1 Å². The van der Waals surface area contributed by atoms with E-state index < -0.39 is 0 Å². The quantitative estimate of drug-likeness (QED) is 0.664. The summed E-state index contributed by atoms with van der Waals surface area (Å²) in [6.45, 7) is 3.35. The molecule has 2 aromatic heterocycles. The van der Waals surface area contributed by atoms with E-state index in [0.717, 1.165) is 48.8 Å². The molecule has 4 aliphatic rings. The van der Waals surface area contributed by atoms with Crippen molar-refractivity contribution in [3.05, 3.63) is 27.4 Å². The van der Waals surface area contributed by atoms with Gasteiger partial charge in [-0.15, -0.1) is 5.10 Å². The van der Waals surface area contributed by atoms with E-state index in [2.05, 4.69) is 59.3 Å². The lowest BCUT2D eigenvalue weighted by Gasteiger charge is -2.60. The summed E-state index contributed by atoms with van der Waals surface area (Å²) in [7, 11) is 0. The second kappa shape index (κ2) is 6.65. The van der Waals surface area contributed by atoms with Gasteiger partial charge in [-0.25, -0.2) is 9.67 Å². The summed E-state index contributed by atoms with van der Waals surface area (Å²) >= 11 is 6.94. The third kappa shape index (κ3) is 2.88. The van der Waals surface area contributed by atoms with Crippen LogP contribution in [0, 0.1) is 17.3 Å². The predicted octanol–water partition coefficient (Wildman–Crippen LogP) is 3.63. The van der Waals surface area contributed by atoms with Gasteiger partial charge in [0, 0.05) is 6.54 Å². The average Bonchev–Trinajstić information content (AvgIpc) is 3.24. The number of aromatic nitrogens is 5. The van der Waals surface area contributed by atoms with Gasteiger partial charge in [0.15, 0.2) is 0 Å². The van der Waals surface area contributed by atoms with Crippen molar-refractivity contribution in [2.45, 2.75) is 64.1 Å². The molecule has 2 atom stereocenters. The second-order valence-electron chi connectivity index (χ2n) is 8.86. The van der Waals surface area contributed by atoms with Crippen molar-refractivity contribution in [1.29, 1.82) is 0 Å². The highest BCUT2D eigenvalue weighted by Crippen LogP contribution is 2.64. The molecule has 2 unspecified atom stereocenters. The van der Waals surface area contributed by atoms with E-state index >= 15 is 0 Å². The largest absolute Gasteiger partial charge is 0.350 e. The Labute approximate surface area is 180 Å². The van der Waals surface area contributed by atoms with E-state index in [1.165, 1.54) is 6.42 Å². The molecular formula is C19H24Br2N6O. The highest BCUT2D eigenvalue weighted by atomic mass is 79.9. The van der Waals surface area contributed by atoms with Gasteiger partial charge in [0.05, 0.1) is 33.9 Å². The Morgan fingerprint density at radius 3 is 2.68 bits per heavy atom. The van der Waals surface area contributed by atoms with Gasteiger partial charge in [0.25, 0.3) is 0 Å². The second-order valence-corrected chi connectivity index (χ2v) is 10.4. The molecule has 2 aromatic rings. The molecular weight excluding hydrogens is 488 g/mol. The third-order valence-corrected chi connectivity index (χ3v) is 8.10. The molecule has 150 valence electrons. The molecule has 28 heavy (non-hydrogen) atoms. The molecule has 4 aliphatic carbocycles. The Morgan fingerprint density at radius 2 is 2.04 bits per heavy atom. The number of carbonyl (C=O) groups excluding carboxylic acids is 1. The Bertz CT molecular complexity index is 907. The minimum absolute atomic E-state index is 0.0633. The van der Waals surface area contributed by atoms with Crippen LogP contribution in [0.2, 0.25) is 0 Å². The van der Waals surface area contributed by atoms with E-state index in [1.807, 2.05) is 15.7 Å². The SMILES string of the molecule is CCn1ncc(Br)c1CNC(=O)C12CC3CC(C1)CC(n1cnc(Br)n1)(C3)C2. The lowest BCUT2D eigenvalue weighted by Crippen LogP contribution is -2.61. The molecule has 1 amide bonds. The molecule has 1 N–H and O–H groups in total. The van der Waals surface area contributed by atoms with E-state index in [-0.39, 0.29) is 16.9 Å². The molecule has 4 fully saturated rings. The lowest BCUT2D eigenvalue weighted by molar-refractivity contribution is -0.156. The summed E-state index contributed by atoms with van der Waals surface area (Å²) in [6, 6.07) is 0. The number of carbonyl (C=O) groups is 1. The van der Waals surface area contributed by atoms with Crippen molar-refractivity contribution in [2.75, 3.05) is 0 Å². The Balaban J connectivity index is 1.40.